The Morgan fingerprint density at radius 1 is 1.25 bits per heavy atom. The number of rotatable bonds is 5. The third-order valence-corrected chi connectivity index (χ3v) is 2.94. The van der Waals surface area contributed by atoms with Crippen molar-refractivity contribution >= 4 is 5.57 Å². The summed E-state index contributed by atoms with van der Waals surface area (Å²) in [5.41, 5.74) is 3.71. The third-order valence-electron chi connectivity index (χ3n) is 2.94. The molecule has 0 aliphatic heterocycles. The molecule has 0 aliphatic rings. The molecule has 0 N–H and O–H groups in total. The van der Waals surface area contributed by atoms with Crippen LogP contribution in [-0.4, -0.2) is 0 Å². The van der Waals surface area contributed by atoms with Crippen molar-refractivity contribution in [3.63, 3.8) is 0 Å². The highest BCUT2D eigenvalue weighted by Crippen LogP contribution is 2.22. The largest absolute Gasteiger partial charge is 0.0990 e. The van der Waals surface area contributed by atoms with E-state index < -0.39 is 0 Å². The first-order chi connectivity index (χ1) is 7.72. The first kappa shape index (κ1) is 12.5. The Kier molecular flexibility index (Phi) is 4.78. The normalized spacial score (nSPS) is 13.2. The Hall–Kier alpha value is -1.56. The van der Waals surface area contributed by atoms with Crippen LogP contribution in [0.25, 0.3) is 5.57 Å². The Morgan fingerprint density at radius 2 is 1.88 bits per heavy atom. The van der Waals surface area contributed by atoms with Crippen LogP contribution in [0.5, 0.6) is 0 Å². The van der Waals surface area contributed by atoms with Gasteiger partial charge in [0.1, 0.15) is 0 Å². The van der Waals surface area contributed by atoms with E-state index in [9.17, 15) is 0 Å². The van der Waals surface area contributed by atoms with Gasteiger partial charge in [-0.3, -0.25) is 0 Å². The molecule has 1 aromatic carbocycles. The maximum atomic E-state index is 3.81. The van der Waals surface area contributed by atoms with Crippen molar-refractivity contribution < 1.29 is 0 Å². The van der Waals surface area contributed by atoms with Crippen LogP contribution < -0.4 is 0 Å². The first-order valence-electron chi connectivity index (χ1n) is 5.78. The zero-order valence-corrected chi connectivity index (χ0v) is 10.2. The van der Waals surface area contributed by atoms with Crippen molar-refractivity contribution in [1.82, 2.24) is 0 Å². The van der Waals surface area contributed by atoms with Crippen LogP contribution in [-0.2, 0) is 0 Å². The molecule has 84 valence electrons. The molecular formula is C16H20. The molecule has 0 spiro atoms. The third kappa shape index (κ3) is 2.96. The Balaban J connectivity index is 2.98. The summed E-state index contributed by atoms with van der Waals surface area (Å²) in [5, 5.41) is 0. The lowest BCUT2D eigenvalue weighted by Crippen LogP contribution is -1.91. The van der Waals surface area contributed by atoms with Gasteiger partial charge in [0, 0.05) is 0 Å². The van der Waals surface area contributed by atoms with Gasteiger partial charge in [0.25, 0.3) is 0 Å². The summed E-state index contributed by atoms with van der Waals surface area (Å²) in [6.07, 6.45) is 6.81. The summed E-state index contributed by atoms with van der Waals surface area (Å²) in [7, 11) is 0. The molecule has 0 saturated heterocycles. The van der Waals surface area contributed by atoms with Crippen LogP contribution in [0.3, 0.4) is 0 Å². The number of hydrogen-bond acceptors (Lipinski definition) is 0. The van der Waals surface area contributed by atoms with Gasteiger partial charge in [-0.1, -0.05) is 69.5 Å². The topological polar surface area (TPSA) is 0 Å². The van der Waals surface area contributed by atoms with Crippen molar-refractivity contribution in [2.24, 2.45) is 0 Å². The molecule has 0 amide bonds. The zero-order chi connectivity index (χ0) is 12.0. The lowest BCUT2D eigenvalue weighted by Gasteiger charge is -2.10. The average Bonchev–Trinajstić information content (AvgIpc) is 2.35. The molecule has 0 bridgehead atoms. The van der Waals surface area contributed by atoms with Crippen LogP contribution in [0.2, 0.25) is 0 Å². The molecule has 0 aromatic heterocycles. The van der Waals surface area contributed by atoms with Gasteiger partial charge < -0.3 is 0 Å². The highest BCUT2D eigenvalue weighted by molar-refractivity contribution is 5.74. The molecule has 0 heteroatoms. The number of hydrogen-bond donors (Lipinski definition) is 0. The molecule has 0 heterocycles. The summed E-state index contributed by atoms with van der Waals surface area (Å²) in [5.74, 6) is 0.629. The Labute approximate surface area is 99.0 Å². The lowest BCUT2D eigenvalue weighted by molar-refractivity contribution is 0.733. The second kappa shape index (κ2) is 6.12. The van der Waals surface area contributed by atoms with Crippen LogP contribution in [0.4, 0.5) is 0 Å². The predicted octanol–water partition coefficient (Wildman–Crippen LogP) is 4.96. The summed E-state index contributed by atoms with van der Waals surface area (Å²) in [6, 6.07) is 8.70. The van der Waals surface area contributed by atoms with E-state index in [0.29, 0.717) is 5.92 Å². The average molecular weight is 212 g/mol. The molecule has 0 aliphatic carbocycles. The van der Waals surface area contributed by atoms with Gasteiger partial charge in [-0.25, -0.2) is 0 Å². The minimum Gasteiger partial charge on any atom is -0.0990 e. The minimum absolute atomic E-state index is 0.629. The standard InChI is InChI=1S/C16H20/c1-5-8-14(7-3)16-11-9-15(10-12-16)13(4)6-2/h5,7-13H,1,3,6H2,2,4H3/b14-8+. The van der Waals surface area contributed by atoms with Gasteiger partial charge in [-0.2, -0.15) is 0 Å². The highest BCUT2D eigenvalue weighted by Gasteiger charge is 2.03. The fraction of sp³-hybridized carbons (Fsp3) is 0.250. The SMILES string of the molecule is C=C/C=C(\C=C)c1ccc(C(C)CC)cc1. The fourth-order valence-electron chi connectivity index (χ4n) is 1.65. The predicted molar refractivity (Wildman–Crippen MR) is 73.5 cm³/mol. The highest BCUT2D eigenvalue weighted by atomic mass is 14.1. The Bertz CT molecular complexity index is 379. The summed E-state index contributed by atoms with van der Waals surface area (Å²) < 4.78 is 0. The minimum atomic E-state index is 0.629. The Morgan fingerprint density at radius 3 is 2.31 bits per heavy atom. The monoisotopic (exact) mass is 212 g/mol. The molecule has 1 atom stereocenters. The van der Waals surface area contributed by atoms with Gasteiger partial charge in [-0.05, 0) is 29.0 Å². The summed E-state index contributed by atoms with van der Waals surface area (Å²) >= 11 is 0. The molecule has 0 radical (unpaired) electrons. The van der Waals surface area contributed by atoms with Crippen molar-refractivity contribution in [2.45, 2.75) is 26.2 Å². The molecule has 16 heavy (non-hydrogen) atoms. The molecule has 1 rings (SSSR count). The van der Waals surface area contributed by atoms with Gasteiger partial charge >= 0.3 is 0 Å². The molecule has 1 unspecified atom stereocenters. The van der Waals surface area contributed by atoms with E-state index >= 15 is 0 Å². The quantitative estimate of drug-likeness (QED) is 0.605. The van der Waals surface area contributed by atoms with Crippen LogP contribution in [0, 0.1) is 0 Å². The summed E-state index contributed by atoms with van der Waals surface area (Å²) in [4.78, 5) is 0. The van der Waals surface area contributed by atoms with Gasteiger partial charge in [-0.15, -0.1) is 0 Å². The van der Waals surface area contributed by atoms with Crippen molar-refractivity contribution in [1.29, 1.82) is 0 Å². The smallest absolute Gasteiger partial charge is 0.0184 e. The second-order valence-corrected chi connectivity index (χ2v) is 3.99. The number of allylic oxidation sites excluding steroid dienone is 4. The van der Waals surface area contributed by atoms with E-state index in [1.807, 2.05) is 12.2 Å². The second-order valence-electron chi connectivity index (χ2n) is 3.99. The van der Waals surface area contributed by atoms with E-state index in [1.165, 1.54) is 17.5 Å². The molecular weight excluding hydrogens is 192 g/mol. The zero-order valence-electron chi connectivity index (χ0n) is 10.2. The lowest BCUT2D eigenvalue weighted by atomic mass is 9.96. The van der Waals surface area contributed by atoms with Crippen LogP contribution >= 0.6 is 0 Å². The molecule has 0 nitrogen and oxygen atoms in total. The van der Waals surface area contributed by atoms with Crippen molar-refractivity contribution in [3.8, 4) is 0 Å². The fourth-order valence-corrected chi connectivity index (χ4v) is 1.65. The first-order valence-corrected chi connectivity index (χ1v) is 5.78. The van der Waals surface area contributed by atoms with Gasteiger partial charge in [0.15, 0.2) is 0 Å². The van der Waals surface area contributed by atoms with Gasteiger partial charge in [0.2, 0.25) is 0 Å². The van der Waals surface area contributed by atoms with Crippen molar-refractivity contribution in [3.05, 3.63) is 66.8 Å². The molecule has 1 aromatic rings. The van der Waals surface area contributed by atoms with Crippen molar-refractivity contribution in [2.75, 3.05) is 0 Å². The van der Waals surface area contributed by atoms with Gasteiger partial charge in [0.05, 0.1) is 0 Å². The maximum Gasteiger partial charge on any atom is -0.0184 e. The molecule has 0 saturated carbocycles. The summed E-state index contributed by atoms with van der Waals surface area (Å²) in [6.45, 7) is 12.0. The number of benzene rings is 1. The molecule has 0 fully saturated rings. The van der Waals surface area contributed by atoms with E-state index in [4.69, 9.17) is 0 Å². The van der Waals surface area contributed by atoms with E-state index in [0.717, 1.165) is 5.57 Å². The van der Waals surface area contributed by atoms with Crippen LogP contribution in [0.1, 0.15) is 37.3 Å². The van der Waals surface area contributed by atoms with E-state index in [1.54, 1.807) is 6.08 Å². The van der Waals surface area contributed by atoms with E-state index in [-0.39, 0.29) is 0 Å². The maximum absolute atomic E-state index is 3.81. The van der Waals surface area contributed by atoms with Crippen LogP contribution in [0.15, 0.2) is 55.7 Å². The van der Waals surface area contributed by atoms with E-state index in [2.05, 4.69) is 51.3 Å².